The summed E-state index contributed by atoms with van der Waals surface area (Å²) in [6, 6.07) is 7.83. The molecular formula is C24H27F3N4O4. The van der Waals surface area contributed by atoms with E-state index in [1.807, 2.05) is 6.92 Å². The van der Waals surface area contributed by atoms with E-state index >= 15 is 0 Å². The number of nitrogens with zero attached hydrogens (tertiary/aromatic N) is 2. The number of carbonyl (C=O) groups is 2. The van der Waals surface area contributed by atoms with E-state index < -0.39 is 24.4 Å². The van der Waals surface area contributed by atoms with Crippen LogP contribution in [0, 0.1) is 0 Å². The standard InChI is InChI=1S/C24H27F3N4O4/c1-14(17-7-6-8-20(29-17)35-24(25,26)27)31-18-10-9-16(13-19(18)34-15(2)21(31)32)28-22(33)30-23(3)11-4-5-12-23/h6-10,13-15H,4-5,11-12H2,1-3H3,(H2,28,30,33)/t14-,15+/m0/s1. The number of nitrogens with one attached hydrogen (secondary N) is 2. The molecule has 1 fully saturated rings. The lowest BCUT2D eigenvalue weighted by atomic mass is 10.0. The normalized spacial score (nSPS) is 20.0. The number of aromatic nitrogens is 1. The van der Waals surface area contributed by atoms with Crippen molar-refractivity contribution in [3.63, 3.8) is 0 Å². The van der Waals surface area contributed by atoms with Crippen LogP contribution in [0.15, 0.2) is 36.4 Å². The number of anilines is 2. The Balaban J connectivity index is 1.56. The first-order valence-corrected chi connectivity index (χ1v) is 11.4. The lowest BCUT2D eigenvalue weighted by Gasteiger charge is -2.37. The molecule has 0 bridgehead atoms. The van der Waals surface area contributed by atoms with Gasteiger partial charge in [-0.2, -0.15) is 0 Å². The predicted octanol–water partition coefficient (Wildman–Crippen LogP) is 5.31. The number of hydrogen-bond acceptors (Lipinski definition) is 5. The van der Waals surface area contributed by atoms with Gasteiger partial charge in [-0.3, -0.25) is 9.69 Å². The third-order valence-corrected chi connectivity index (χ3v) is 6.27. The van der Waals surface area contributed by atoms with Crippen molar-refractivity contribution in [2.24, 2.45) is 0 Å². The van der Waals surface area contributed by atoms with Crippen LogP contribution < -0.4 is 25.0 Å². The predicted molar refractivity (Wildman–Crippen MR) is 122 cm³/mol. The molecule has 11 heteroatoms. The number of hydrogen-bond donors (Lipinski definition) is 2. The monoisotopic (exact) mass is 492 g/mol. The molecule has 2 heterocycles. The average Bonchev–Trinajstić information content (AvgIpc) is 3.19. The van der Waals surface area contributed by atoms with Gasteiger partial charge in [-0.1, -0.05) is 18.9 Å². The van der Waals surface area contributed by atoms with Gasteiger partial charge in [0.25, 0.3) is 5.91 Å². The van der Waals surface area contributed by atoms with Gasteiger partial charge >= 0.3 is 12.4 Å². The highest BCUT2D eigenvalue weighted by molar-refractivity contribution is 6.01. The Labute approximate surface area is 200 Å². The minimum Gasteiger partial charge on any atom is -0.479 e. The van der Waals surface area contributed by atoms with E-state index in [1.54, 1.807) is 32.0 Å². The Morgan fingerprint density at radius 2 is 1.97 bits per heavy atom. The van der Waals surface area contributed by atoms with Gasteiger partial charge in [0.1, 0.15) is 5.75 Å². The summed E-state index contributed by atoms with van der Waals surface area (Å²) in [4.78, 5) is 30.9. The molecule has 2 atom stereocenters. The van der Waals surface area contributed by atoms with Gasteiger partial charge in [0, 0.05) is 23.4 Å². The van der Waals surface area contributed by atoms with Gasteiger partial charge in [0.05, 0.1) is 17.4 Å². The highest BCUT2D eigenvalue weighted by atomic mass is 19.4. The Hall–Kier alpha value is -3.50. The summed E-state index contributed by atoms with van der Waals surface area (Å²) in [6.45, 7) is 5.25. The van der Waals surface area contributed by atoms with Gasteiger partial charge in [0.15, 0.2) is 6.10 Å². The molecule has 188 valence electrons. The molecule has 0 saturated heterocycles. The number of amides is 3. The third kappa shape index (κ3) is 5.60. The van der Waals surface area contributed by atoms with Crippen molar-refractivity contribution in [3.05, 3.63) is 42.1 Å². The van der Waals surface area contributed by atoms with E-state index in [2.05, 4.69) is 20.4 Å². The second-order valence-electron chi connectivity index (χ2n) is 9.12. The summed E-state index contributed by atoms with van der Waals surface area (Å²) in [5.41, 5.74) is 0.875. The summed E-state index contributed by atoms with van der Waals surface area (Å²) in [5, 5.41) is 5.82. The largest absolute Gasteiger partial charge is 0.574 e. The van der Waals surface area contributed by atoms with Crippen LogP contribution in [-0.2, 0) is 4.79 Å². The summed E-state index contributed by atoms with van der Waals surface area (Å²) in [6.07, 6.45) is -1.74. The van der Waals surface area contributed by atoms with Crippen LogP contribution in [0.1, 0.15) is 58.2 Å². The van der Waals surface area contributed by atoms with Crippen molar-refractivity contribution in [3.8, 4) is 11.6 Å². The SMILES string of the molecule is C[C@H]1Oc2cc(NC(=O)NC3(C)CCCC3)ccc2N([C@@H](C)c2cccc(OC(F)(F)F)n2)C1=O. The van der Waals surface area contributed by atoms with Crippen LogP contribution in [0.25, 0.3) is 0 Å². The Bertz CT molecular complexity index is 1120. The van der Waals surface area contributed by atoms with Gasteiger partial charge in [-0.25, -0.2) is 9.78 Å². The van der Waals surface area contributed by atoms with Crippen LogP contribution in [0.4, 0.5) is 29.3 Å². The fraction of sp³-hybridized carbons (Fsp3) is 0.458. The molecular weight excluding hydrogens is 465 g/mol. The van der Waals surface area contributed by atoms with Crippen molar-refractivity contribution in [1.82, 2.24) is 10.3 Å². The number of halogens is 3. The smallest absolute Gasteiger partial charge is 0.479 e. The Kier molecular flexibility index (Phi) is 6.52. The van der Waals surface area contributed by atoms with Crippen molar-refractivity contribution < 1.29 is 32.2 Å². The zero-order valence-corrected chi connectivity index (χ0v) is 19.6. The second-order valence-corrected chi connectivity index (χ2v) is 9.12. The van der Waals surface area contributed by atoms with Crippen molar-refractivity contribution >= 4 is 23.3 Å². The molecule has 1 aliphatic carbocycles. The lowest BCUT2D eigenvalue weighted by molar-refractivity contribution is -0.276. The molecule has 1 aromatic carbocycles. The van der Waals surface area contributed by atoms with Gasteiger partial charge in [0.2, 0.25) is 5.88 Å². The van der Waals surface area contributed by atoms with Crippen LogP contribution >= 0.6 is 0 Å². The second kappa shape index (κ2) is 9.27. The number of alkyl halides is 3. The number of fused-ring (bicyclic) bond motifs is 1. The van der Waals surface area contributed by atoms with E-state index in [0.29, 0.717) is 17.1 Å². The Morgan fingerprint density at radius 1 is 1.26 bits per heavy atom. The van der Waals surface area contributed by atoms with Crippen molar-refractivity contribution in [2.45, 2.75) is 70.5 Å². The molecule has 1 aliphatic heterocycles. The quantitative estimate of drug-likeness (QED) is 0.590. The molecule has 0 spiro atoms. The van der Waals surface area contributed by atoms with E-state index in [-0.39, 0.29) is 23.2 Å². The zero-order valence-electron chi connectivity index (χ0n) is 19.6. The molecule has 0 radical (unpaired) electrons. The summed E-state index contributed by atoms with van der Waals surface area (Å²) < 4.78 is 47.6. The molecule has 1 aromatic heterocycles. The average molecular weight is 492 g/mol. The Morgan fingerprint density at radius 3 is 2.66 bits per heavy atom. The van der Waals surface area contributed by atoms with Gasteiger partial charge in [-0.05, 0) is 51.8 Å². The number of benzene rings is 1. The lowest BCUT2D eigenvalue weighted by Crippen LogP contribution is -2.46. The summed E-state index contributed by atoms with van der Waals surface area (Å²) in [7, 11) is 0. The number of rotatable bonds is 5. The summed E-state index contributed by atoms with van der Waals surface area (Å²) >= 11 is 0. The molecule has 0 unspecified atom stereocenters. The van der Waals surface area contributed by atoms with Crippen LogP contribution in [0.2, 0.25) is 0 Å². The van der Waals surface area contributed by atoms with Crippen molar-refractivity contribution in [2.75, 3.05) is 10.2 Å². The number of ether oxygens (including phenoxy) is 2. The fourth-order valence-electron chi connectivity index (χ4n) is 4.53. The first kappa shape index (κ1) is 24.6. The maximum atomic E-state index is 13.0. The highest BCUT2D eigenvalue weighted by Gasteiger charge is 2.37. The number of pyridine rings is 1. The third-order valence-electron chi connectivity index (χ3n) is 6.27. The van der Waals surface area contributed by atoms with Gasteiger partial charge in [-0.15, -0.1) is 13.2 Å². The highest BCUT2D eigenvalue weighted by Crippen LogP contribution is 2.41. The minimum absolute atomic E-state index is 0.214. The maximum absolute atomic E-state index is 13.0. The molecule has 2 N–H and O–H groups in total. The molecule has 2 aliphatic rings. The van der Waals surface area contributed by atoms with Gasteiger partial charge < -0.3 is 20.1 Å². The van der Waals surface area contributed by atoms with E-state index in [9.17, 15) is 22.8 Å². The van der Waals surface area contributed by atoms with Crippen LogP contribution in [0.5, 0.6) is 11.6 Å². The molecule has 4 rings (SSSR count). The fourth-order valence-corrected chi connectivity index (χ4v) is 4.53. The molecule has 2 aromatic rings. The van der Waals surface area contributed by atoms with Crippen LogP contribution in [0.3, 0.4) is 0 Å². The minimum atomic E-state index is -4.88. The topological polar surface area (TPSA) is 92.8 Å². The van der Waals surface area contributed by atoms with E-state index in [0.717, 1.165) is 31.7 Å². The first-order valence-electron chi connectivity index (χ1n) is 11.4. The number of carbonyl (C=O) groups excluding carboxylic acids is 2. The van der Waals surface area contributed by atoms with Crippen LogP contribution in [-0.4, -0.2) is 34.9 Å². The summed E-state index contributed by atoms with van der Waals surface area (Å²) in [5.74, 6) is -0.629. The zero-order chi connectivity index (χ0) is 25.4. The maximum Gasteiger partial charge on any atom is 0.574 e. The van der Waals surface area contributed by atoms with Crippen molar-refractivity contribution in [1.29, 1.82) is 0 Å². The molecule has 35 heavy (non-hydrogen) atoms. The number of urea groups is 1. The van der Waals surface area contributed by atoms with E-state index in [4.69, 9.17) is 4.74 Å². The molecule has 3 amide bonds. The molecule has 8 nitrogen and oxygen atoms in total. The first-order chi connectivity index (χ1) is 16.4. The van der Waals surface area contributed by atoms with E-state index in [1.165, 1.54) is 17.0 Å². The molecule has 1 saturated carbocycles.